The quantitative estimate of drug-likeness (QED) is 0.0261. The van der Waals surface area contributed by atoms with Crippen LogP contribution in [0.5, 0.6) is 0 Å². The van der Waals surface area contributed by atoms with E-state index in [1.807, 2.05) is 0 Å². The summed E-state index contributed by atoms with van der Waals surface area (Å²) in [5.74, 6) is -0.892. The van der Waals surface area contributed by atoms with Gasteiger partial charge in [-0.2, -0.15) is 0 Å². The molecule has 0 rings (SSSR count). The summed E-state index contributed by atoms with van der Waals surface area (Å²) < 4.78 is 17.0. The van der Waals surface area contributed by atoms with Gasteiger partial charge in [0.15, 0.2) is 6.10 Å². The largest absolute Gasteiger partial charge is 0.462 e. The van der Waals surface area contributed by atoms with Crippen molar-refractivity contribution in [2.45, 2.75) is 329 Å². The van der Waals surface area contributed by atoms with Gasteiger partial charge in [0, 0.05) is 19.3 Å². The average Bonchev–Trinajstić information content (AvgIpc) is 3.47. The molecule has 0 radical (unpaired) electrons. The molecule has 0 N–H and O–H groups in total. The van der Waals surface area contributed by atoms with Gasteiger partial charge in [-0.25, -0.2) is 0 Å². The Hall–Kier alpha value is -4.19. The number of rotatable bonds is 62. The number of carbonyl (C=O) groups excluding carboxylic acids is 3. The van der Waals surface area contributed by atoms with E-state index in [0.29, 0.717) is 19.3 Å². The van der Waals surface area contributed by atoms with Crippen LogP contribution in [0.3, 0.4) is 0 Å². The SMILES string of the molecule is CC/C=C\C/C=C\C/C=C\C/C=C\CCCCCCCCCCCCCCC(=O)OCC(COC(=O)CCCCCCC/C=C\C/C=C\CCCC)OC(=O)CCCCCCCCCCCCCC/C=C\C/C=C\C/C=C\C/C=C\CC. The summed E-state index contributed by atoms with van der Waals surface area (Å²) in [5.41, 5.74) is 0. The summed E-state index contributed by atoms with van der Waals surface area (Å²) in [6, 6.07) is 0. The Morgan fingerprint density at radius 1 is 0.256 bits per heavy atom. The lowest BCUT2D eigenvalue weighted by atomic mass is 10.0. The number of carbonyl (C=O) groups is 3. The summed E-state index contributed by atoms with van der Waals surface area (Å²) in [4.78, 5) is 38.4. The van der Waals surface area contributed by atoms with Gasteiger partial charge in [-0.05, 0) is 122 Å². The fourth-order valence-corrected chi connectivity index (χ4v) is 9.56. The topological polar surface area (TPSA) is 78.9 Å². The second kappa shape index (κ2) is 69.3. The van der Waals surface area contributed by atoms with Crippen LogP contribution in [0.2, 0.25) is 0 Å². The fraction of sp³-hybridized carbons (Fsp3) is 0.697. The zero-order valence-electron chi connectivity index (χ0n) is 53.7. The molecule has 0 heterocycles. The van der Waals surface area contributed by atoms with Gasteiger partial charge in [0.2, 0.25) is 0 Å². The van der Waals surface area contributed by atoms with E-state index in [1.54, 1.807) is 0 Å². The second-order valence-electron chi connectivity index (χ2n) is 22.7. The number of unbranched alkanes of at least 4 members (excludes halogenated alkanes) is 31. The molecule has 0 bridgehead atoms. The predicted molar refractivity (Wildman–Crippen MR) is 357 cm³/mol. The van der Waals surface area contributed by atoms with Crippen LogP contribution >= 0.6 is 0 Å². The van der Waals surface area contributed by atoms with Crippen molar-refractivity contribution in [3.8, 4) is 0 Å². The highest BCUT2D eigenvalue weighted by atomic mass is 16.6. The molecular weight excluding hydrogens is 1010 g/mol. The maximum absolute atomic E-state index is 13.0. The molecule has 0 spiro atoms. The molecule has 0 aromatic rings. The minimum atomic E-state index is -0.790. The van der Waals surface area contributed by atoms with E-state index in [4.69, 9.17) is 14.2 Å². The summed E-state index contributed by atoms with van der Waals surface area (Å²) in [5, 5.41) is 0. The first-order valence-electron chi connectivity index (χ1n) is 34.5. The standard InChI is InChI=1S/C76H128O6/c1-4-7-10-13-16-19-22-25-28-30-32-34-36-38-40-42-44-46-48-51-54-57-60-63-66-69-75(78)81-72-73(71-80-74(77)68-65-62-59-56-53-50-27-24-21-18-15-12-9-6-3)82-76(79)70-67-64-61-58-55-52-49-47-45-43-41-39-37-35-33-31-29-26-23-20-17-14-11-8-5-2/h7-8,10-11,15-20,24-29,32-35,73H,4-6,9,12-14,21-23,30-31,36-72H2,1-3H3/b10-7-,11-8-,18-15-,19-16-,20-17-,27-24-,28-25-,29-26-,34-32-,35-33-. The maximum atomic E-state index is 13.0. The highest BCUT2D eigenvalue weighted by molar-refractivity contribution is 5.71. The highest BCUT2D eigenvalue weighted by Gasteiger charge is 2.19. The molecule has 0 aliphatic heterocycles. The molecule has 6 nitrogen and oxygen atoms in total. The molecule has 0 amide bonds. The molecule has 0 aromatic heterocycles. The van der Waals surface area contributed by atoms with Crippen molar-refractivity contribution in [3.05, 3.63) is 122 Å². The van der Waals surface area contributed by atoms with Gasteiger partial charge in [-0.1, -0.05) is 303 Å². The van der Waals surface area contributed by atoms with Crippen molar-refractivity contribution < 1.29 is 28.6 Å². The van der Waals surface area contributed by atoms with E-state index in [2.05, 4.69) is 142 Å². The first kappa shape index (κ1) is 77.8. The van der Waals surface area contributed by atoms with E-state index >= 15 is 0 Å². The lowest BCUT2D eigenvalue weighted by Gasteiger charge is -2.18. The highest BCUT2D eigenvalue weighted by Crippen LogP contribution is 2.17. The normalized spacial score (nSPS) is 12.9. The monoisotopic (exact) mass is 1140 g/mol. The lowest BCUT2D eigenvalue weighted by molar-refractivity contribution is -0.167. The molecule has 1 unspecified atom stereocenters. The van der Waals surface area contributed by atoms with Gasteiger partial charge in [0.1, 0.15) is 13.2 Å². The van der Waals surface area contributed by atoms with Crippen molar-refractivity contribution in [2.75, 3.05) is 13.2 Å². The third kappa shape index (κ3) is 66.6. The Labute approximate surface area is 507 Å². The second-order valence-corrected chi connectivity index (χ2v) is 22.7. The molecule has 0 saturated carbocycles. The Bertz CT molecular complexity index is 1690. The van der Waals surface area contributed by atoms with Crippen LogP contribution in [0.1, 0.15) is 323 Å². The van der Waals surface area contributed by atoms with Gasteiger partial charge in [0.05, 0.1) is 0 Å². The number of allylic oxidation sites excluding steroid dienone is 20. The van der Waals surface area contributed by atoms with Crippen LogP contribution < -0.4 is 0 Å². The molecule has 0 aliphatic carbocycles. The van der Waals surface area contributed by atoms with Crippen molar-refractivity contribution >= 4 is 17.9 Å². The maximum Gasteiger partial charge on any atom is 0.306 e. The fourth-order valence-electron chi connectivity index (χ4n) is 9.56. The predicted octanol–water partition coefficient (Wildman–Crippen LogP) is 23.9. The van der Waals surface area contributed by atoms with Crippen molar-refractivity contribution in [2.24, 2.45) is 0 Å². The van der Waals surface area contributed by atoms with Gasteiger partial charge in [-0.3, -0.25) is 14.4 Å². The van der Waals surface area contributed by atoms with Crippen molar-refractivity contribution in [1.29, 1.82) is 0 Å². The van der Waals surface area contributed by atoms with E-state index in [0.717, 1.165) is 135 Å². The van der Waals surface area contributed by atoms with Gasteiger partial charge < -0.3 is 14.2 Å². The van der Waals surface area contributed by atoms with Crippen LogP contribution in [-0.2, 0) is 28.6 Å². The third-order valence-corrected chi connectivity index (χ3v) is 14.7. The molecule has 0 fully saturated rings. The molecule has 6 heteroatoms. The van der Waals surface area contributed by atoms with Gasteiger partial charge in [-0.15, -0.1) is 0 Å². The van der Waals surface area contributed by atoms with Crippen LogP contribution in [0.4, 0.5) is 0 Å². The van der Waals surface area contributed by atoms with Crippen molar-refractivity contribution in [1.82, 2.24) is 0 Å². The van der Waals surface area contributed by atoms with Crippen LogP contribution in [0.15, 0.2) is 122 Å². The number of hydrogen-bond donors (Lipinski definition) is 0. The van der Waals surface area contributed by atoms with E-state index < -0.39 is 6.10 Å². The van der Waals surface area contributed by atoms with Gasteiger partial charge >= 0.3 is 17.9 Å². The van der Waals surface area contributed by atoms with Crippen LogP contribution in [0, 0.1) is 0 Å². The Morgan fingerprint density at radius 2 is 0.476 bits per heavy atom. The minimum Gasteiger partial charge on any atom is -0.462 e. The number of esters is 3. The average molecular weight is 1140 g/mol. The first-order valence-corrected chi connectivity index (χ1v) is 34.5. The minimum absolute atomic E-state index is 0.0846. The summed E-state index contributed by atoms with van der Waals surface area (Å²) in [7, 11) is 0. The summed E-state index contributed by atoms with van der Waals surface area (Å²) in [6.45, 7) is 6.39. The lowest BCUT2D eigenvalue weighted by Crippen LogP contribution is -2.30. The molecule has 468 valence electrons. The Kier molecular flexibility index (Phi) is 65.8. The number of ether oxygens (including phenoxy) is 3. The van der Waals surface area contributed by atoms with E-state index in [-0.39, 0.29) is 31.1 Å². The first-order chi connectivity index (χ1) is 40.5. The summed E-state index contributed by atoms with van der Waals surface area (Å²) >= 11 is 0. The molecule has 1 atom stereocenters. The molecular formula is C76H128O6. The van der Waals surface area contributed by atoms with Gasteiger partial charge in [0.25, 0.3) is 0 Å². The van der Waals surface area contributed by atoms with E-state index in [1.165, 1.54) is 148 Å². The van der Waals surface area contributed by atoms with E-state index in [9.17, 15) is 14.4 Å². The smallest absolute Gasteiger partial charge is 0.306 e. The zero-order chi connectivity index (χ0) is 59.2. The molecule has 82 heavy (non-hydrogen) atoms. The molecule has 0 saturated heterocycles. The van der Waals surface area contributed by atoms with Crippen molar-refractivity contribution in [3.63, 3.8) is 0 Å². The number of hydrogen-bond acceptors (Lipinski definition) is 6. The zero-order valence-corrected chi connectivity index (χ0v) is 53.7. The Balaban J connectivity index is 4.33. The van der Waals surface area contributed by atoms with Crippen LogP contribution in [0.25, 0.3) is 0 Å². The van der Waals surface area contributed by atoms with Crippen LogP contribution in [-0.4, -0.2) is 37.2 Å². The molecule has 0 aliphatic rings. The Morgan fingerprint density at radius 3 is 0.744 bits per heavy atom. The third-order valence-electron chi connectivity index (χ3n) is 14.7. The summed E-state index contributed by atoms with van der Waals surface area (Å²) in [6.07, 6.45) is 96.4. The molecule has 0 aromatic carbocycles.